The molecule has 0 spiro atoms. The highest BCUT2D eigenvalue weighted by atomic mass is 19.1. The molecule has 0 bridgehead atoms. The fraction of sp³-hybridized carbons (Fsp3) is 0.250. The molecule has 0 unspecified atom stereocenters. The van der Waals surface area contributed by atoms with Crippen LogP contribution in [0.4, 0.5) is 15.8 Å². The van der Waals surface area contributed by atoms with Crippen molar-refractivity contribution in [3.05, 3.63) is 108 Å². The number of nitrogens with zero attached hydrogens (tertiary/aromatic N) is 5. The van der Waals surface area contributed by atoms with E-state index in [-0.39, 0.29) is 17.4 Å². The van der Waals surface area contributed by atoms with Gasteiger partial charge in [0, 0.05) is 24.0 Å². The van der Waals surface area contributed by atoms with E-state index in [1.807, 2.05) is 42.5 Å². The van der Waals surface area contributed by atoms with Gasteiger partial charge in [0.05, 0.1) is 19.3 Å². The van der Waals surface area contributed by atoms with Crippen molar-refractivity contribution >= 4 is 17.3 Å². The minimum Gasteiger partial charge on any atom is -0.369 e. The van der Waals surface area contributed by atoms with Crippen LogP contribution in [0.2, 0.25) is 0 Å². The van der Waals surface area contributed by atoms with Crippen molar-refractivity contribution in [1.82, 2.24) is 15.0 Å². The fourth-order valence-corrected chi connectivity index (χ4v) is 4.34. The summed E-state index contributed by atoms with van der Waals surface area (Å²) in [5.74, 6) is -0.629. The number of hydrogen-bond donors (Lipinski definition) is 0. The molecule has 0 N–H and O–H groups in total. The quantitative estimate of drug-likeness (QED) is 0.334. The zero-order valence-electron chi connectivity index (χ0n) is 19.7. The Kier molecular flexibility index (Phi) is 6.57. The maximum Gasteiger partial charge on any atom is 0.280 e. The van der Waals surface area contributed by atoms with Gasteiger partial charge in [-0.2, -0.15) is 0 Å². The topological polar surface area (TPSA) is 54.3 Å². The van der Waals surface area contributed by atoms with E-state index in [1.54, 1.807) is 27.9 Å². The van der Waals surface area contributed by atoms with Crippen molar-refractivity contribution in [2.24, 2.45) is 0 Å². The van der Waals surface area contributed by atoms with Crippen LogP contribution in [-0.2, 0) is 13.1 Å². The predicted molar refractivity (Wildman–Crippen MR) is 135 cm³/mol. The molecule has 178 valence electrons. The lowest BCUT2D eigenvalue weighted by Crippen LogP contribution is -2.31. The summed E-state index contributed by atoms with van der Waals surface area (Å²) in [5, 5.41) is 8.30. The van der Waals surface area contributed by atoms with Gasteiger partial charge in [-0.3, -0.25) is 4.79 Å². The summed E-state index contributed by atoms with van der Waals surface area (Å²) in [7, 11) is 0. The third kappa shape index (κ3) is 5.40. The highest BCUT2D eigenvalue weighted by molar-refractivity contribution is 6.04. The lowest BCUT2D eigenvalue weighted by Gasteiger charge is -2.25. The van der Waals surface area contributed by atoms with Gasteiger partial charge in [-0.1, -0.05) is 47.7 Å². The summed E-state index contributed by atoms with van der Waals surface area (Å²) < 4.78 is 15.3. The molecule has 6 nitrogen and oxygen atoms in total. The van der Waals surface area contributed by atoms with Crippen molar-refractivity contribution in [3.63, 3.8) is 0 Å². The van der Waals surface area contributed by atoms with Crippen molar-refractivity contribution < 1.29 is 9.18 Å². The molecule has 1 aliphatic carbocycles. The highest BCUT2D eigenvalue weighted by Crippen LogP contribution is 2.32. The van der Waals surface area contributed by atoms with E-state index in [4.69, 9.17) is 0 Å². The van der Waals surface area contributed by atoms with Gasteiger partial charge >= 0.3 is 0 Å². The Morgan fingerprint density at radius 3 is 2.43 bits per heavy atom. The molecule has 0 saturated heterocycles. The summed E-state index contributed by atoms with van der Waals surface area (Å²) in [6.07, 6.45) is 4.10. The van der Waals surface area contributed by atoms with Gasteiger partial charge < -0.3 is 9.80 Å². The van der Waals surface area contributed by atoms with Crippen LogP contribution in [0.1, 0.15) is 41.4 Å². The molecule has 5 rings (SSSR count). The number of carbonyl (C=O) groups excluding carboxylic acids is 1. The Morgan fingerprint density at radius 1 is 0.971 bits per heavy atom. The number of aromatic nitrogens is 3. The first kappa shape index (κ1) is 22.8. The number of rotatable bonds is 9. The Balaban J connectivity index is 1.41. The van der Waals surface area contributed by atoms with E-state index < -0.39 is 0 Å². The predicted octanol–water partition coefficient (Wildman–Crippen LogP) is 5.30. The van der Waals surface area contributed by atoms with Crippen LogP contribution < -0.4 is 9.80 Å². The average molecular weight is 470 g/mol. The smallest absolute Gasteiger partial charge is 0.280 e. The molecular weight excluding hydrogens is 441 g/mol. The summed E-state index contributed by atoms with van der Waals surface area (Å²) in [6, 6.07) is 24.8. The van der Waals surface area contributed by atoms with E-state index in [0.717, 1.165) is 23.4 Å². The molecule has 3 aromatic carbocycles. The Bertz CT molecular complexity index is 1280. The first-order chi connectivity index (χ1) is 17.1. The van der Waals surface area contributed by atoms with Gasteiger partial charge in [0.1, 0.15) is 5.82 Å². The second-order valence-corrected chi connectivity index (χ2v) is 8.84. The number of hydrogen-bond acceptors (Lipinski definition) is 4. The largest absolute Gasteiger partial charge is 0.369 e. The molecule has 1 aromatic heterocycles. The average Bonchev–Trinajstić information content (AvgIpc) is 3.61. The van der Waals surface area contributed by atoms with E-state index in [2.05, 4.69) is 34.3 Å². The van der Waals surface area contributed by atoms with Crippen LogP contribution in [-0.4, -0.2) is 33.5 Å². The summed E-state index contributed by atoms with van der Waals surface area (Å²) >= 11 is 0. The van der Waals surface area contributed by atoms with Gasteiger partial charge in [0.25, 0.3) is 5.91 Å². The second-order valence-electron chi connectivity index (χ2n) is 8.84. The minimum atomic E-state index is -0.347. The number of anilines is 2. The van der Waals surface area contributed by atoms with E-state index in [9.17, 15) is 9.18 Å². The van der Waals surface area contributed by atoms with Gasteiger partial charge in [0.15, 0.2) is 5.69 Å². The molecule has 4 aromatic rings. The third-order valence-electron chi connectivity index (χ3n) is 6.24. The van der Waals surface area contributed by atoms with Gasteiger partial charge in [0.2, 0.25) is 0 Å². The first-order valence-corrected chi connectivity index (χ1v) is 12.0. The first-order valence-electron chi connectivity index (χ1n) is 12.0. The molecule has 1 amide bonds. The minimum absolute atomic E-state index is 0.245. The Hall–Kier alpha value is -4.00. The SMILES string of the molecule is CCN(c1cccc(CN(C(=O)c2cn(Cc3ccccc3)nn2)c2ccc(F)cc2)c1)C1CC1. The molecule has 35 heavy (non-hydrogen) atoms. The molecule has 1 fully saturated rings. The lowest BCUT2D eigenvalue weighted by atomic mass is 10.1. The molecule has 0 radical (unpaired) electrons. The second kappa shape index (κ2) is 10.1. The van der Waals surface area contributed by atoms with Gasteiger partial charge in [-0.25, -0.2) is 9.07 Å². The maximum atomic E-state index is 13.6. The molecule has 0 atom stereocenters. The van der Waals surface area contributed by atoms with Crippen LogP contribution >= 0.6 is 0 Å². The van der Waals surface area contributed by atoms with Crippen LogP contribution in [0, 0.1) is 5.82 Å². The Labute approximate surface area is 204 Å². The highest BCUT2D eigenvalue weighted by Gasteiger charge is 2.28. The molecule has 1 aliphatic rings. The van der Waals surface area contributed by atoms with Crippen LogP contribution in [0.3, 0.4) is 0 Å². The molecule has 0 aliphatic heterocycles. The van der Waals surface area contributed by atoms with Crippen molar-refractivity contribution in [3.8, 4) is 0 Å². The zero-order valence-corrected chi connectivity index (χ0v) is 19.7. The van der Waals surface area contributed by atoms with Gasteiger partial charge in [-0.15, -0.1) is 5.10 Å². The van der Waals surface area contributed by atoms with Crippen molar-refractivity contribution in [2.45, 2.75) is 38.9 Å². The van der Waals surface area contributed by atoms with Crippen molar-refractivity contribution in [2.75, 3.05) is 16.3 Å². The number of amides is 1. The molecule has 1 heterocycles. The number of carbonyl (C=O) groups is 1. The molecule has 1 saturated carbocycles. The van der Waals surface area contributed by atoms with Crippen LogP contribution in [0.5, 0.6) is 0 Å². The lowest BCUT2D eigenvalue weighted by molar-refractivity contribution is 0.0980. The summed E-state index contributed by atoms with van der Waals surface area (Å²) in [6.45, 7) is 3.97. The third-order valence-corrected chi connectivity index (χ3v) is 6.24. The van der Waals surface area contributed by atoms with Gasteiger partial charge in [-0.05, 0) is 67.3 Å². The molecule has 7 heteroatoms. The van der Waals surface area contributed by atoms with Crippen molar-refractivity contribution in [1.29, 1.82) is 0 Å². The number of halogens is 1. The van der Waals surface area contributed by atoms with E-state index in [1.165, 1.54) is 25.0 Å². The van der Waals surface area contributed by atoms with Crippen LogP contribution in [0.15, 0.2) is 85.1 Å². The number of benzene rings is 3. The standard InChI is InChI=1S/C28H28FN5O/c1-2-33(24-15-16-24)26-10-6-9-22(17-26)19-34(25-13-11-23(29)12-14-25)28(35)27-20-32(31-30-27)18-21-7-4-3-5-8-21/h3-14,17,20,24H,2,15-16,18-19H2,1H3. The zero-order chi connectivity index (χ0) is 24.2. The monoisotopic (exact) mass is 469 g/mol. The van der Waals surface area contributed by atoms with Crippen LogP contribution in [0.25, 0.3) is 0 Å². The Morgan fingerprint density at radius 2 is 1.71 bits per heavy atom. The maximum absolute atomic E-state index is 13.6. The molecular formula is C28H28FN5O. The van der Waals surface area contributed by atoms with E-state index in [0.29, 0.717) is 24.8 Å². The van der Waals surface area contributed by atoms with E-state index >= 15 is 0 Å². The summed E-state index contributed by atoms with van der Waals surface area (Å²) in [5.41, 5.74) is 4.08. The summed E-state index contributed by atoms with van der Waals surface area (Å²) in [4.78, 5) is 17.6. The fourth-order valence-electron chi connectivity index (χ4n) is 4.34. The normalized spacial score (nSPS) is 13.0.